The molecule has 1 saturated carbocycles. The Balaban J connectivity index is 2.14. The van der Waals surface area contributed by atoms with Crippen LogP contribution >= 0.6 is 0 Å². The van der Waals surface area contributed by atoms with Gasteiger partial charge in [-0.05, 0) is 29.9 Å². The van der Waals surface area contributed by atoms with Crippen molar-refractivity contribution < 1.29 is 0 Å². The molecule has 15 heavy (non-hydrogen) atoms. The number of pyridine rings is 1. The average Bonchev–Trinajstić information content (AvgIpc) is 2.26. The Bertz CT molecular complexity index is 320. The third kappa shape index (κ3) is 1.67. The Kier molecular flexibility index (Phi) is 2.55. The Hall–Kier alpha value is -0.890. The van der Waals surface area contributed by atoms with Crippen molar-refractivity contribution >= 4 is 0 Å². The van der Waals surface area contributed by atoms with Gasteiger partial charge < -0.3 is 5.73 Å². The topological polar surface area (TPSA) is 38.9 Å². The quantitative estimate of drug-likeness (QED) is 0.822. The van der Waals surface area contributed by atoms with Crippen LogP contribution in [0.4, 0.5) is 0 Å². The lowest BCUT2D eigenvalue weighted by Gasteiger charge is -2.54. The van der Waals surface area contributed by atoms with Gasteiger partial charge in [0, 0.05) is 17.9 Å². The van der Waals surface area contributed by atoms with E-state index in [9.17, 15) is 0 Å². The Morgan fingerprint density at radius 2 is 2.00 bits per heavy atom. The molecule has 2 rings (SSSR count). The normalized spacial score (nSPS) is 22.1. The van der Waals surface area contributed by atoms with Crippen LogP contribution in [-0.2, 0) is 5.54 Å². The highest BCUT2D eigenvalue weighted by atomic mass is 14.8. The van der Waals surface area contributed by atoms with E-state index in [4.69, 9.17) is 5.73 Å². The minimum absolute atomic E-state index is 0.111. The number of hydrogen-bond donors (Lipinski definition) is 1. The van der Waals surface area contributed by atoms with E-state index >= 15 is 0 Å². The molecule has 0 aromatic carbocycles. The fourth-order valence-corrected chi connectivity index (χ4v) is 2.90. The molecule has 0 bridgehead atoms. The largest absolute Gasteiger partial charge is 0.321 e. The van der Waals surface area contributed by atoms with E-state index in [1.807, 2.05) is 12.3 Å². The second-order valence-electron chi connectivity index (χ2n) is 4.96. The third-order valence-electron chi connectivity index (χ3n) is 4.12. The van der Waals surface area contributed by atoms with Crippen molar-refractivity contribution in [2.24, 2.45) is 11.1 Å². The molecular weight excluding hydrogens is 184 g/mol. The first-order valence-corrected chi connectivity index (χ1v) is 5.83. The van der Waals surface area contributed by atoms with Crippen molar-refractivity contribution in [3.63, 3.8) is 0 Å². The van der Waals surface area contributed by atoms with Crippen LogP contribution in [0.2, 0.25) is 0 Å². The number of nitrogens with two attached hydrogens (primary N) is 1. The molecule has 0 aliphatic heterocycles. The molecule has 82 valence electrons. The predicted octanol–water partition coefficient (Wildman–Crippen LogP) is 2.84. The zero-order valence-electron chi connectivity index (χ0n) is 9.66. The molecule has 0 radical (unpaired) electrons. The molecule has 0 atom stereocenters. The van der Waals surface area contributed by atoms with Crippen LogP contribution in [0, 0.1) is 5.41 Å². The number of aromatic nitrogens is 1. The molecule has 0 spiro atoms. The molecule has 0 saturated heterocycles. The molecule has 1 aromatic heterocycles. The van der Waals surface area contributed by atoms with E-state index in [1.54, 1.807) is 6.20 Å². The van der Waals surface area contributed by atoms with Crippen LogP contribution in [0.1, 0.15) is 45.1 Å². The molecule has 0 amide bonds. The summed E-state index contributed by atoms with van der Waals surface area (Å²) in [5.74, 6) is 0. The lowest BCUT2D eigenvalue weighted by atomic mass is 9.53. The number of hydrogen-bond acceptors (Lipinski definition) is 2. The Morgan fingerprint density at radius 1 is 1.33 bits per heavy atom. The first-order valence-electron chi connectivity index (χ1n) is 5.83. The molecule has 1 aromatic rings. The fourth-order valence-electron chi connectivity index (χ4n) is 2.90. The summed E-state index contributed by atoms with van der Waals surface area (Å²) in [7, 11) is 0. The maximum Gasteiger partial charge on any atom is 0.0435 e. The summed E-state index contributed by atoms with van der Waals surface area (Å²) in [4.78, 5) is 4.15. The molecule has 2 nitrogen and oxygen atoms in total. The maximum absolute atomic E-state index is 6.41. The Labute approximate surface area is 91.9 Å². The first kappa shape index (κ1) is 10.6. The standard InChI is InChI=1S/C13H20N2/c1-3-12(4-2)9-13(14,10-12)11-6-5-7-15-8-11/h5-8H,3-4,9-10,14H2,1-2H3. The summed E-state index contributed by atoms with van der Waals surface area (Å²) < 4.78 is 0. The van der Waals surface area contributed by atoms with E-state index in [0.29, 0.717) is 5.41 Å². The molecule has 1 aliphatic carbocycles. The summed E-state index contributed by atoms with van der Waals surface area (Å²) in [6.07, 6.45) is 8.41. The van der Waals surface area contributed by atoms with Gasteiger partial charge in [0.1, 0.15) is 0 Å². The van der Waals surface area contributed by atoms with Crippen molar-refractivity contribution in [1.29, 1.82) is 0 Å². The molecular formula is C13H20N2. The molecule has 1 heterocycles. The highest BCUT2D eigenvalue weighted by Crippen LogP contribution is 2.56. The lowest BCUT2D eigenvalue weighted by molar-refractivity contribution is 0.0164. The maximum atomic E-state index is 6.41. The predicted molar refractivity (Wildman–Crippen MR) is 62.4 cm³/mol. The van der Waals surface area contributed by atoms with Gasteiger partial charge in [0.05, 0.1) is 0 Å². The molecule has 1 fully saturated rings. The zero-order valence-corrected chi connectivity index (χ0v) is 9.66. The monoisotopic (exact) mass is 204 g/mol. The highest BCUT2D eigenvalue weighted by Gasteiger charge is 2.50. The number of rotatable bonds is 3. The molecule has 2 heteroatoms. The van der Waals surface area contributed by atoms with Crippen molar-refractivity contribution in [1.82, 2.24) is 4.98 Å². The fraction of sp³-hybridized carbons (Fsp3) is 0.615. The first-order chi connectivity index (χ1) is 7.14. The molecule has 1 aliphatic rings. The summed E-state index contributed by atoms with van der Waals surface area (Å²) >= 11 is 0. The van der Waals surface area contributed by atoms with E-state index in [1.165, 1.54) is 18.4 Å². The minimum atomic E-state index is -0.111. The van der Waals surface area contributed by atoms with Crippen LogP contribution < -0.4 is 5.73 Å². The van der Waals surface area contributed by atoms with Gasteiger partial charge in [0.25, 0.3) is 0 Å². The van der Waals surface area contributed by atoms with Crippen LogP contribution in [0.3, 0.4) is 0 Å². The van der Waals surface area contributed by atoms with E-state index < -0.39 is 0 Å². The smallest absolute Gasteiger partial charge is 0.0435 e. The second-order valence-corrected chi connectivity index (χ2v) is 4.96. The highest BCUT2D eigenvalue weighted by molar-refractivity contribution is 5.26. The summed E-state index contributed by atoms with van der Waals surface area (Å²) in [5, 5.41) is 0. The van der Waals surface area contributed by atoms with Crippen LogP contribution in [0.25, 0.3) is 0 Å². The van der Waals surface area contributed by atoms with Gasteiger partial charge in [-0.25, -0.2) is 0 Å². The average molecular weight is 204 g/mol. The zero-order chi connectivity index (χ0) is 10.9. The Morgan fingerprint density at radius 3 is 2.47 bits per heavy atom. The summed E-state index contributed by atoms with van der Waals surface area (Å²) in [6.45, 7) is 4.54. The van der Waals surface area contributed by atoms with Crippen LogP contribution in [0.5, 0.6) is 0 Å². The van der Waals surface area contributed by atoms with Crippen molar-refractivity contribution in [3.05, 3.63) is 30.1 Å². The lowest BCUT2D eigenvalue weighted by Crippen LogP contribution is -2.55. The van der Waals surface area contributed by atoms with Crippen LogP contribution in [-0.4, -0.2) is 4.98 Å². The minimum Gasteiger partial charge on any atom is -0.321 e. The van der Waals surface area contributed by atoms with Gasteiger partial charge >= 0.3 is 0 Å². The van der Waals surface area contributed by atoms with Crippen molar-refractivity contribution in [2.45, 2.75) is 45.1 Å². The molecule has 0 unspecified atom stereocenters. The van der Waals surface area contributed by atoms with E-state index in [-0.39, 0.29) is 5.54 Å². The molecule has 2 N–H and O–H groups in total. The van der Waals surface area contributed by atoms with Crippen molar-refractivity contribution in [2.75, 3.05) is 0 Å². The van der Waals surface area contributed by atoms with Gasteiger partial charge in [-0.2, -0.15) is 0 Å². The van der Waals surface area contributed by atoms with E-state index in [0.717, 1.165) is 12.8 Å². The van der Waals surface area contributed by atoms with Gasteiger partial charge in [-0.15, -0.1) is 0 Å². The third-order valence-corrected chi connectivity index (χ3v) is 4.12. The summed E-state index contributed by atoms with van der Waals surface area (Å²) in [6, 6.07) is 4.07. The van der Waals surface area contributed by atoms with Crippen molar-refractivity contribution in [3.8, 4) is 0 Å². The van der Waals surface area contributed by atoms with Crippen LogP contribution in [0.15, 0.2) is 24.5 Å². The van der Waals surface area contributed by atoms with Gasteiger partial charge in [0.15, 0.2) is 0 Å². The van der Waals surface area contributed by atoms with Gasteiger partial charge in [0.2, 0.25) is 0 Å². The van der Waals surface area contributed by atoms with E-state index in [2.05, 4.69) is 24.9 Å². The second kappa shape index (κ2) is 3.60. The van der Waals surface area contributed by atoms with Gasteiger partial charge in [-0.3, -0.25) is 4.98 Å². The van der Waals surface area contributed by atoms with Gasteiger partial charge in [-0.1, -0.05) is 32.8 Å². The SMILES string of the molecule is CCC1(CC)CC(N)(c2cccnc2)C1. The number of nitrogens with zero attached hydrogens (tertiary/aromatic N) is 1. The summed E-state index contributed by atoms with van der Waals surface area (Å²) in [5.41, 5.74) is 7.99.